The summed E-state index contributed by atoms with van der Waals surface area (Å²) in [6, 6.07) is 25.6. The summed E-state index contributed by atoms with van der Waals surface area (Å²) in [4.78, 5) is 0. The third-order valence-electron chi connectivity index (χ3n) is 7.80. The molecule has 0 spiro atoms. The Bertz CT molecular complexity index is 1190. The van der Waals surface area contributed by atoms with Gasteiger partial charge in [-0.2, -0.15) is 0 Å². The molecule has 3 aromatic rings. The van der Waals surface area contributed by atoms with E-state index in [4.69, 9.17) is 0 Å². The standard InChI is InChI=1S/C31H36Si/c1-20-17-21(2)19-28(18-20)32(29-15-11-9-13-22(29)3,30-16-12-10-14-23(30)4)31-26(7)24(5)25(6)27(31)8/h9-19,26H,1-8H3. The van der Waals surface area contributed by atoms with Crippen molar-refractivity contribution in [3.63, 3.8) is 0 Å². The van der Waals surface area contributed by atoms with Gasteiger partial charge in [0.15, 0.2) is 8.07 Å². The predicted octanol–water partition coefficient (Wildman–Crippen LogP) is 6.23. The number of hydrogen-bond acceptors (Lipinski definition) is 0. The van der Waals surface area contributed by atoms with Gasteiger partial charge in [-0.05, 0) is 75.5 Å². The number of rotatable bonds is 4. The van der Waals surface area contributed by atoms with Gasteiger partial charge in [-0.3, -0.25) is 0 Å². The van der Waals surface area contributed by atoms with E-state index in [0.717, 1.165) is 0 Å². The van der Waals surface area contributed by atoms with Crippen LogP contribution in [0.1, 0.15) is 49.9 Å². The molecule has 0 saturated carbocycles. The van der Waals surface area contributed by atoms with Crippen LogP contribution in [0.25, 0.3) is 0 Å². The van der Waals surface area contributed by atoms with E-state index in [1.54, 1.807) is 5.20 Å². The van der Waals surface area contributed by atoms with Gasteiger partial charge < -0.3 is 0 Å². The highest BCUT2D eigenvalue weighted by Gasteiger charge is 2.49. The number of hydrogen-bond donors (Lipinski definition) is 0. The largest absolute Gasteiger partial charge is 0.177 e. The third-order valence-corrected chi connectivity index (χ3v) is 13.3. The maximum atomic E-state index is 2.48. The lowest BCUT2D eigenvalue weighted by Crippen LogP contribution is -2.71. The molecule has 1 atom stereocenters. The first-order valence-corrected chi connectivity index (χ1v) is 13.8. The minimum absolute atomic E-state index is 0.446. The van der Waals surface area contributed by atoms with Crippen molar-refractivity contribution in [2.45, 2.75) is 55.4 Å². The van der Waals surface area contributed by atoms with Gasteiger partial charge >= 0.3 is 0 Å². The van der Waals surface area contributed by atoms with Crippen LogP contribution in [0.5, 0.6) is 0 Å². The van der Waals surface area contributed by atoms with Crippen molar-refractivity contribution in [2.75, 3.05) is 0 Å². The van der Waals surface area contributed by atoms with Crippen molar-refractivity contribution in [3.05, 3.63) is 111 Å². The van der Waals surface area contributed by atoms with Gasteiger partial charge in [0.25, 0.3) is 0 Å². The zero-order valence-electron chi connectivity index (χ0n) is 20.9. The molecule has 1 heteroatoms. The molecule has 0 bridgehead atoms. The first kappa shape index (κ1) is 22.5. The molecule has 0 aliphatic heterocycles. The van der Waals surface area contributed by atoms with Crippen LogP contribution in [0, 0.1) is 33.6 Å². The lowest BCUT2D eigenvalue weighted by atomic mass is 10.1. The monoisotopic (exact) mass is 436 g/mol. The average molecular weight is 437 g/mol. The van der Waals surface area contributed by atoms with Crippen LogP contribution in [0.3, 0.4) is 0 Å². The lowest BCUT2D eigenvalue weighted by Gasteiger charge is -2.40. The summed E-state index contributed by atoms with van der Waals surface area (Å²) in [5.41, 5.74) is 10.0. The second-order valence-electron chi connectivity index (χ2n) is 9.82. The smallest absolute Gasteiger partial charge is 0.0636 e. The predicted molar refractivity (Wildman–Crippen MR) is 143 cm³/mol. The normalized spacial score (nSPS) is 16.8. The molecule has 0 fully saturated rings. The van der Waals surface area contributed by atoms with E-state index in [1.807, 2.05) is 0 Å². The van der Waals surface area contributed by atoms with Crippen molar-refractivity contribution in [3.8, 4) is 0 Å². The van der Waals surface area contributed by atoms with Gasteiger partial charge in [-0.25, -0.2) is 0 Å². The molecule has 0 N–H and O–H groups in total. The zero-order chi connectivity index (χ0) is 23.2. The molecule has 0 heterocycles. The van der Waals surface area contributed by atoms with Crippen molar-refractivity contribution in [1.29, 1.82) is 0 Å². The quantitative estimate of drug-likeness (QED) is 0.336. The summed E-state index contributed by atoms with van der Waals surface area (Å²) >= 11 is 0. The van der Waals surface area contributed by atoms with E-state index in [9.17, 15) is 0 Å². The van der Waals surface area contributed by atoms with Crippen molar-refractivity contribution in [1.82, 2.24) is 0 Å². The van der Waals surface area contributed by atoms with E-state index in [1.165, 1.54) is 54.5 Å². The summed E-state index contributed by atoms with van der Waals surface area (Å²) in [6.07, 6.45) is 0. The summed E-state index contributed by atoms with van der Waals surface area (Å²) in [6.45, 7) is 18.6. The molecular formula is C31H36Si. The maximum absolute atomic E-state index is 2.51. The highest BCUT2D eigenvalue weighted by atomic mass is 28.3. The first-order valence-electron chi connectivity index (χ1n) is 11.8. The van der Waals surface area contributed by atoms with Crippen LogP contribution in [0.4, 0.5) is 0 Å². The molecule has 4 rings (SSSR count). The number of benzene rings is 3. The molecular weight excluding hydrogens is 400 g/mol. The lowest BCUT2D eigenvalue weighted by molar-refractivity contribution is 0.851. The fourth-order valence-electron chi connectivity index (χ4n) is 6.05. The molecule has 1 unspecified atom stereocenters. The van der Waals surface area contributed by atoms with E-state index in [2.05, 4.69) is 122 Å². The van der Waals surface area contributed by atoms with E-state index in [0.29, 0.717) is 5.92 Å². The minimum atomic E-state index is -2.51. The van der Waals surface area contributed by atoms with Crippen LogP contribution in [0.15, 0.2) is 88.6 Å². The minimum Gasteiger partial charge on any atom is -0.0636 e. The van der Waals surface area contributed by atoms with E-state index in [-0.39, 0.29) is 0 Å². The fraction of sp³-hybridized carbons (Fsp3) is 0.290. The Morgan fingerprint density at radius 3 is 1.47 bits per heavy atom. The van der Waals surface area contributed by atoms with Crippen LogP contribution in [0.2, 0.25) is 0 Å². The average Bonchev–Trinajstić information content (AvgIpc) is 2.94. The molecule has 0 nitrogen and oxygen atoms in total. The Balaban J connectivity index is 2.27. The molecule has 164 valence electrons. The highest BCUT2D eigenvalue weighted by Crippen LogP contribution is 2.41. The van der Waals surface area contributed by atoms with Crippen LogP contribution in [-0.4, -0.2) is 8.07 Å². The second-order valence-corrected chi connectivity index (χ2v) is 13.5. The van der Waals surface area contributed by atoms with Crippen LogP contribution >= 0.6 is 0 Å². The van der Waals surface area contributed by atoms with Crippen molar-refractivity contribution >= 4 is 23.6 Å². The molecule has 0 amide bonds. The topological polar surface area (TPSA) is 0 Å². The molecule has 1 aliphatic rings. The highest BCUT2D eigenvalue weighted by molar-refractivity contribution is 7.16. The summed E-state index contributed by atoms with van der Waals surface area (Å²) in [5, 5.41) is 6.24. The van der Waals surface area contributed by atoms with Crippen molar-refractivity contribution < 1.29 is 0 Å². The molecule has 3 aromatic carbocycles. The maximum Gasteiger partial charge on any atom is 0.177 e. The number of aryl methyl sites for hydroxylation is 4. The van der Waals surface area contributed by atoms with Gasteiger partial charge in [-0.15, -0.1) is 0 Å². The zero-order valence-corrected chi connectivity index (χ0v) is 21.9. The van der Waals surface area contributed by atoms with Gasteiger partial charge in [0.05, 0.1) is 0 Å². The summed E-state index contributed by atoms with van der Waals surface area (Å²) < 4.78 is 0. The Labute approximate surface area is 195 Å². The van der Waals surface area contributed by atoms with Gasteiger partial charge in [-0.1, -0.05) is 112 Å². The van der Waals surface area contributed by atoms with Gasteiger partial charge in [0.2, 0.25) is 0 Å². The molecule has 0 radical (unpaired) electrons. The van der Waals surface area contributed by atoms with Crippen LogP contribution < -0.4 is 15.6 Å². The summed E-state index contributed by atoms with van der Waals surface area (Å²) in [7, 11) is -2.51. The third kappa shape index (κ3) is 3.35. The summed E-state index contributed by atoms with van der Waals surface area (Å²) in [5.74, 6) is 0.446. The SMILES string of the molecule is CC1=C(C)C(C)C([Si](c2cc(C)cc(C)c2)(c2ccccc2C)c2ccccc2C)=C1C. The molecule has 1 aliphatic carbocycles. The molecule has 32 heavy (non-hydrogen) atoms. The number of allylic oxidation sites excluding steroid dienone is 4. The Kier molecular flexibility index (Phi) is 5.90. The Morgan fingerprint density at radius 1 is 0.594 bits per heavy atom. The molecule has 0 saturated heterocycles. The van der Waals surface area contributed by atoms with Crippen LogP contribution in [-0.2, 0) is 0 Å². The van der Waals surface area contributed by atoms with E-state index < -0.39 is 8.07 Å². The second kappa shape index (κ2) is 8.37. The Morgan fingerprint density at radius 2 is 1.06 bits per heavy atom. The first-order chi connectivity index (χ1) is 15.2. The Hall–Kier alpha value is -2.64. The molecule has 0 aromatic heterocycles. The fourth-order valence-corrected chi connectivity index (χ4v) is 12.4. The van der Waals surface area contributed by atoms with Crippen molar-refractivity contribution in [2.24, 2.45) is 5.92 Å². The van der Waals surface area contributed by atoms with Gasteiger partial charge in [0.1, 0.15) is 0 Å². The van der Waals surface area contributed by atoms with E-state index >= 15 is 0 Å². The van der Waals surface area contributed by atoms with Gasteiger partial charge in [0, 0.05) is 0 Å².